The number of nitrogens with zero attached hydrogens (tertiary/aromatic N) is 1. The summed E-state index contributed by atoms with van der Waals surface area (Å²) in [6, 6.07) is 5.55. The minimum Gasteiger partial charge on any atom is -0.490 e. The van der Waals surface area contributed by atoms with E-state index in [0.717, 1.165) is 0 Å². The first-order chi connectivity index (χ1) is 10.9. The molecule has 1 aromatic rings. The Morgan fingerprint density at radius 2 is 2.09 bits per heavy atom. The molecular weight excluding hydrogens is 303 g/mol. The van der Waals surface area contributed by atoms with Crippen LogP contribution < -0.4 is 10.5 Å². The fourth-order valence-corrected chi connectivity index (χ4v) is 2.59. The highest BCUT2D eigenvalue weighted by molar-refractivity contribution is 5.77. The second-order valence-electron chi connectivity index (χ2n) is 5.59. The lowest BCUT2D eigenvalue weighted by Gasteiger charge is -2.41. The summed E-state index contributed by atoms with van der Waals surface area (Å²) in [5.74, 6) is -0.446. The number of benzene rings is 1. The normalized spacial score (nSPS) is 21.0. The largest absolute Gasteiger partial charge is 0.490 e. The Balaban J connectivity index is 2.09. The van der Waals surface area contributed by atoms with Crippen LogP contribution >= 0.6 is 0 Å². The second kappa shape index (κ2) is 7.41. The van der Waals surface area contributed by atoms with Crippen molar-refractivity contribution in [3.8, 4) is 5.75 Å². The topological polar surface area (TPSA) is 81.9 Å². The number of morpholine rings is 1. The summed E-state index contributed by atoms with van der Waals surface area (Å²) in [6.45, 7) is 2.86. The minimum absolute atomic E-state index is 0.0103. The van der Waals surface area contributed by atoms with Crippen molar-refractivity contribution in [1.82, 2.24) is 4.90 Å². The van der Waals surface area contributed by atoms with E-state index in [1.807, 2.05) is 0 Å². The van der Waals surface area contributed by atoms with Gasteiger partial charge in [-0.3, -0.25) is 9.59 Å². The lowest BCUT2D eigenvalue weighted by Crippen LogP contribution is -2.57. The van der Waals surface area contributed by atoms with Crippen LogP contribution in [0.5, 0.6) is 5.75 Å². The van der Waals surface area contributed by atoms with Crippen molar-refractivity contribution in [3.63, 3.8) is 0 Å². The fourth-order valence-electron chi connectivity index (χ4n) is 2.59. The van der Waals surface area contributed by atoms with Crippen LogP contribution in [0.1, 0.15) is 19.8 Å². The first-order valence-corrected chi connectivity index (χ1v) is 7.52. The third-order valence-corrected chi connectivity index (χ3v) is 3.72. The highest BCUT2D eigenvalue weighted by Crippen LogP contribution is 2.24. The van der Waals surface area contributed by atoms with Crippen LogP contribution in [0.15, 0.2) is 24.3 Å². The first-order valence-electron chi connectivity index (χ1n) is 7.52. The van der Waals surface area contributed by atoms with Gasteiger partial charge in [0.1, 0.15) is 23.8 Å². The Morgan fingerprint density at radius 1 is 1.39 bits per heavy atom. The third kappa shape index (κ3) is 4.66. The van der Waals surface area contributed by atoms with Crippen molar-refractivity contribution in [3.05, 3.63) is 30.1 Å². The van der Waals surface area contributed by atoms with Crippen molar-refractivity contribution < 1.29 is 23.5 Å². The monoisotopic (exact) mass is 324 g/mol. The Kier molecular flexibility index (Phi) is 5.54. The zero-order valence-corrected chi connectivity index (χ0v) is 13.1. The van der Waals surface area contributed by atoms with Gasteiger partial charge >= 0.3 is 0 Å². The number of hydrogen-bond donors (Lipinski definition) is 1. The maximum atomic E-state index is 12.9. The summed E-state index contributed by atoms with van der Waals surface area (Å²) in [5, 5.41) is 0. The Hall–Kier alpha value is -2.15. The minimum atomic E-state index is -0.983. The average Bonchev–Trinajstić information content (AvgIpc) is 2.53. The number of rotatable bonds is 6. The number of carbonyl (C=O) groups excluding carboxylic acids is 2. The first kappa shape index (κ1) is 17.2. The molecule has 6 nitrogen and oxygen atoms in total. The molecule has 2 N–H and O–H groups in total. The third-order valence-electron chi connectivity index (χ3n) is 3.72. The van der Waals surface area contributed by atoms with Crippen LogP contribution in [0.25, 0.3) is 0 Å². The van der Waals surface area contributed by atoms with E-state index in [9.17, 15) is 14.0 Å². The molecule has 2 rings (SSSR count). The molecule has 2 amide bonds. The predicted octanol–water partition coefficient (Wildman–Crippen LogP) is 1.09. The summed E-state index contributed by atoms with van der Waals surface area (Å²) in [5.41, 5.74) is 4.34. The van der Waals surface area contributed by atoms with Gasteiger partial charge in [0.05, 0.1) is 19.6 Å². The summed E-state index contributed by atoms with van der Waals surface area (Å²) < 4.78 is 24.3. The molecular formula is C16H21FN2O4. The van der Waals surface area contributed by atoms with Crippen LogP contribution in [0.2, 0.25) is 0 Å². The molecule has 1 fully saturated rings. The number of amides is 2. The lowest BCUT2D eigenvalue weighted by atomic mass is 9.97. The molecule has 1 unspecified atom stereocenters. The molecule has 0 aliphatic carbocycles. The summed E-state index contributed by atoms with van der Waals surface area (Å²) in [6.07, 6.45) is 0.327. The zero-order chi connectivity index (χ0) is 16.9. The molecule has 0 aromatic heterocycles. The van der Waals surface area contributed by atoms with Gasteiger partial charge in [0.2, 0.25) is 11.8 Å². The number of halogens is 1. The molecule has 0 bridgehead atoms. The van der Waals surface area contributed by atoms with Crippen molar-refractivity contribution in [2.75, 3.05) is 26.3 Å². The molecule has 0 radical (unpaired) electrons. The van der Waals surface area contributed by atoms with Crippen LogP contribution in [0, 0.1) is 5.82 Å². The molecule has 0 spiro atoms. The number of hydrogen-bond acceptors (Lipinski definition) is 4. The zero-order valence-electron chi connectivity index (χ0n) is 13.1. The summed E-state index contributed by atoms with van der Waals surface area (Å²) in [4.78, 5) is 25.0. The molecule has 1 aliphatic rings. The van der Waals surface area contributed by atoms with E-state index < -0.39 is 11.5 Å². The quantitative estimate of drug-likeness (QED) is 0.849. The van der Waals surface area contributed by atoms with E-state index in [4.69, 9.17) is 15.2 Å². The van der Waals surface area contributed by atoms with E-state index in [1.54, 1.807) is 11.8 Å². The Morgan fingerprint density at radius 3 is 2.70 bits per heavy atom. The van der Waals surface area contributed by atoms with E-state index >= 15 is 0 Å². The van der Waals surface area contributed by atoms with E-state index in [-0.39, 0.29) is 31.3 Å². The van der Waals surface area contributed by atoms with Crippen LogP contribution in [0.4, 0.5) is 4.39 Å². The molecule has 1 atom stereocenters. The lowest BCUT2D eigenvalue weighted by molar-refractivity contribution is -0.161. The van der Waals surface area contributed by atoms with Crippen LogP contribution in [0.3, 0.4) is 0 Å². The van der Waals surface area contributed by atoms with Crippen molar-refractivity contribution in [2.24, 2.45) is 5.73 Å². The van der Waals surface area contributed by atoms with E-state index in [0.29, 0.717) is 25.3 Å². The summed E-state index contributed by atoms with van der Waals surface area (Å²) >= 11 is 0. The molecule has 1 aliphatic heterocycles. The Bertz CT molecular complexity index is 564. The molecule has 126 valence electrons. The number of primary amides is 1. The second-order valence-corrected chi connectivity index (χ2v) is 5.59. The highest BCUT2D eigenvalue weighted by atomic mass is 19.1. The number of nitrogens with two attached hydrogens (primary N) is 1. The maximum Gasteiger partial charge on any atom is 0.222 e. The SMILES string of the molecule is CCC(=O)N1CCOC(COc2ccc(F)cc2)(CC(N)=O)C1. The smallest absolute Gasteiger partial charge is 0.222 e. The van der Waals surface area contributed by atoms with E-state index in [1.165, 1.54) is 24.3 Å². The molecule has 0 saturated carbocycles. The van der Waals surface area contributed by atoms with Gasteiger partial charge in [0.15, 0.2) is 0 Å². The molecule has 23 heavy (non-hydrogen) atoms. The van der Waals surface area contributed by atoms with Gasteiger partial charge in [-0.25, -0.2) is 4.39 Å². The summed E-state index contributed by atoms with van der Waals surface area (Å²) in [7, 11) is 0. The molecule has 1 heterocycles. The Labute approximate surface area is 134 Å². The molecule has 1 saturated heterocycles. The van der Waals surface area contributed by atoms with Gasteiger partial charge in [0, 0.05) is 13.0 Å². The molecule has 1 aromatic carbocycles. The molecule has 7 heteroatoms. The average molecular weight is 324 g/mol. The van der Waals surface area contributed by atoms with E-state index in [2.05, 4.69) is 0 Å². The van der Waals surface area contributed by atoms with Crippen molar-refractivity contribution >= 4 is 11.8 Å². The van der Waals surface area contributed by atoms with Crippen LogP contribution in [-0.2, 0) is 14.3 Å². The van der Waals surface area contributed by atoms with Gasteiger partial charge in [0.25, 0.3) is 0 Å². The maximum absolute atomic E-state index is 12.9. The fraction of sp³-hybridized carbons (Fsp3) is 0.500. The van der Waals surface area contributed by atoms with Gasteiger partial charge in [-0.05, 0) is 24.3 Å². The standard InChI is InChI=1S/C16H21FN2O4/c1-2-15(21)19-7-8-23-16(10-19,9-14(18)20)11-22-13-5-3-12(17)4-6-13/h3-6H,2,7-11H2,1H3,(H2,18,20). The number of ether oxygens (including phenoxy) is 2. The van der Waals surface area contributed by atoms with Gasteiger partial charge in [-0.15, -0.1) is 0 Å². The van der Waals surface area contributed by atoms with Crippen LogP contribution in [-0.4, -0.2) is 48.6 Å². The van der Waals surface area contributed by atoms with Crippen molar-refractivity contribution in [2.45, 2.75) is 25.4 Å². The van der Waals surface area contributed by atoms with Gasteiger partial charge in [-0.2, -0.15) is 0 Å². The highest BCUT2D eigenvalue weighted by Gasteiger charge is 2.40. The predicted molar refractivity (Wildman–Crippen MR) is 81.3 cm³/mol. The number of carbonyl (C=O) groups is 2. The van der Waals surface area contributed by atoms with Gasteiger partial charge < -0.3 is 20.1 Å². The van der Waals surface area contributed by atoms with Gasteiger partial charge in [-0.1, -0.05) is 6.92 Å². The van der Waals surface area contributed by atoms with Crippen molar-refractivity contribution in [1.29, 1.82) is 0 Å².